The molecule has 1 fully saturated rings. The average molecular weight is 319 g/mol. The fourth-order valence-electron chi connectivity index (χ4n) is 2.94. The summed E-state index contributed by atoms with van der Waals surface area (Å²) in [4.78, 5) is 24.0. The number of hydrogen-bond acceptors (Lipinski definition) is 4. The number of aryl methyl sites for hydroxylation is 1. The van der Waals surface area contributed by atoms with Gasteiger partial charge in [-0.15, -0.1) is 0 Å². The summed E-state index contributed by atoms with van der Waals surface area (Å²) >= 11 is 0. The normalized spacial score (nSPS) is 20.7. The van der Waals surface area contributed by atoms with Crippen molar-refractivity contribution in [3.8, 4) is 5.75 Å². The second kappa shape index (κ2) is 7.99. The average Bonchev–Trinajstić information content (AvgIpc) is 2.55. The van der Waals surface area contributed by atoms with Crippen LogP contribution in [0.4, 0.5) is 0 Å². The molecule has 126 valence electrons. The van der Waals surface area contributed by atoms with E-state index in [9.17, 15) is 9.59 Å². The van der Waals surface area contributed by atoms with Gasteiger partial charge in [0, 0.05) is 6.04 Å². The molecule has 23 heavy (non-hydrogen) atoms. The first-order valence-electron chi connectivity index (χ1n) is 8.12. The zero-order valence-corrected chi connectivity index (χ0v) is 14.1. The van der Waals surface area contributed by atoms with E-state index >= 15 is 0 Å². The number of hydrogen-bond donors (Lipinski definition) is 1. The molecule has 0 aliphatic heterocycles. The summed E-state index contributed by atoms with van der Waals surface area (Å²) in [5, 5.41) is 2.97. The van der Waals surface area contributed by atoms with E-state index in [1.807, 2.05) is 6.92 Å². The van der Waals surface area contributed by atoms with Crippen LogP contribution in [0.2, 0.25) is 0 Å². The van der Waals surface area contributed by atoms with Crippen molar-refractivity contribution in [3.05, 3.63) is 29.3 Å². The predicted molar refractivity (Wildman–Crippen MR) is 87.6 cm³/mol. The molecule has 1 N–H and O–H groups in total. The molecular formula is C18H25NO4. The molecule has 1 amide bonds. The van der Waals surface area contributed by atoms with Crippen LogP contribution < -0.4 is 10.1 Å². The minimum Gasteiger partial charge on any atom is -0.496 e. The zero-order chi connectivity index (χ0) is 16.8. The first kappa shape index (κ1) is 17.3. The highest BCUT2D eigenvalue weighted by atomic mass is 16.5. The zero-order valence-electron chi connectivity index (χ0n) is 14.1. The Balaban J connectivity index is 1.85. The Kier molecular flexibility index (Phi) is 6.02. The van der Waals surface area contributed by atoms with Crippen molar-refractivity contribution in [2.24, 2.45) is 5.92 Å². The van der Waals surface area contributed by atoms with E-state index in [0.717, 1.165) is 24.8 Å². The number of amides is 1. The molecule has 0 aromatic heterocycles. The summed E-state index contributed by atoms with van der Waals surface area (Å²) in [5.74, 6) is 0.344. The van der Waals surface area contributed by atoms with Crippen molar-refractivity contribution in [3.63, 3.8) is 0 Å². The highest BCUT2D eigenvalue weighted by Gasteiger charge is 2.23. The summed E-state index contributed by atoms with van der Waals surface area (Å²) in [6.07, 6.45) is 4.49. The highest BCUT2D eigenvalue weighted by molar-refractivity contribution is 5.91. The number of carbonyl (C=O) groups is 2. The second-order valence-corrected chi connectivity index (χ2v) is 6.20. The van der Waals surface area contributed by atoms with Crippen LogP contribution in [0.5, 0.6) is 5.75 Å². The second-order valence-electron chi connectivity index (χ2n) is 6.20. The lowest BCUT2D eigenvalue weighted by molar-refractivity contribution is -0.125. The minimum absolute atomic E-state index is 0.189. The Morgan fingerprint density at radius 1 is 1.26 bits per heavy atom. The summed E-state index contributed by atoms with van der Waals surface area (Å²) in [6.45, 7) is 3.79. The van der Waals surface area contributed by atoms with Crippen LogP contribution in [-0.2, 0) is 9.53 Å². The van der Waals surface area contributed by atoms with E-state index < -0.39 is 5.97 Å². The molecule has 0 bridgehead atoms. The molecule has 1 aromatic carbocycles. The molecule has 2 rings (SSSR count). The molecule has 1 aliphatic carbocycles. The predicted octanol–water partition coefficient (Wildman–Crippen LogP) is 2.86. The van der Waals surface area contributed by atoms with Crippen LogP contribution in [0.1, 0.15) is 48.5 Å². The lowest BCUT2D eigenvalue weighted by Gasteiger charge is -2.29. The van der Waals surface area contributed by atoms with E-state index in [2.05, 4.69) is 12.2 Å². The lowest BCUT2D eigenvalue weighted by atomic mass is 9.86. The molecule has 5 nitrogen and oxygen atoms in total. The van der Waals surface area contributed by atoms with Gasteiger partial charge in [-0.25, -0.2) is 4.79 Å². The van der Waals surface area contributed by atoms with E-state index in [1.54, 1.807) is 25.3 Å². The van der Waals surface area contributed by atoms with Gasteiger partial charge in [0.1, 0.15) is 5.75 Å². The quantitative estimate of drug-likeness (QED) is 0.848. The largest absolute Gasteiger partial charge is 0.496 e. The van der Waals surface area contributed by atoms with Crippen LogP contribution in [0.15, 0.2) is 18.2 Å². The molecule has 0 unspecified atom stereocenters. The number of benzene rings is 1. The standard InChI is InChI=1S/C18H25NO4/c1-12-6-4-5-7-15(12)19-17(20)11-23-18(21)14-9-8-13(2)16(10-14)22-3/h8-10,12,15H,4-7,11H2,1-3H3,(H,19,20)/t12-,15+/m0/s1. The molecule has 2 atom stereocenters. The SMILES string of the molecule is COc1cc(C(=O)OCC(=O)N[C@@H]2CCCC[C@@H]2C)ccc1C. The molecule has 0 radical (unpaired) electrons. The number of ether oxygens (including phenoxy) is 2. The maximum absolute atomic E-state index is 12.0. The maximum Gasteiger partial charge on any atom is 0.338 e. The molecule has 1 saturated carbocycles. The van der Waals surface area contributed by atoms with Gasteiger partial charge in [0.25, 0.3) is 5.91 Å². The molecular weight excluding hydrogens is 294 g/mol. The van der Waals surface area contributed by atoms with E-state index in [0.29, 0.717) is 17.2 Å². The monoisotopic (exact) mass is 319 g/mol. The fraction of sp³-hybridized carbons (Fsp3) is 0.556. The summed E-state index contributed by atoms with van der Waals surface area (Å²) in [5.41, 5.74) is 1.32. The molecule has 1 aromatic rings. The molecule has 0 heterocycles. The Bertz CT molecular complexity index is 570. The third-order valence-corrected chi connectivity index (χ3v) is 4.44. The van der Waals surface area contributed by atoms with Gasteiger partial charge < -0.3 is 14.8 Å². The highest BCUT2D eigenvalue weighted by Crippen LogP contribution is 2.23. The van der Waals surface area contributed by atoms with Crippen molar-refractivity contribution < 1.29 is 19.1 Å². The Morgan fingerprint density at radius 2 is 2.00 bits per heavy atom. The smallest absolute Gasteiger partial charge is 0.338 e. The summed E-state index contributed by atoms with van der Waals surface area (Å²) < 4.78 is 10.3. The van der Waals surface area contributed by atoms with E-state index in [-0.39, 0.29) is 18.6 Å². The molecule has 5 heteroatoms. The van der Waals surface area contributed by atoms with Gasteiger partial charge in [0.15, 0.2) is 6.61 Å². The van der Waals surface area contributed by atoms with Crippen molar-refractivity contribution in [2.75, 3.05) is 13.7 Å². The fourth-order valence-corrected chi connectivity index (χ4v) is 2.94. The number of nitrogens with one attached hydrogen (secondary N) is 1. The van der Waals surface area contributed by atoms with E-state index in [4.69, 9.17) is 9.47 Å². The van der Waals surface area contributed by atoms with Gasteiger partial charge in [-0.3, -0.25) is 4.79 Å². The van der Waals surface area contributed by atoms with Crippen LogP contribution >= 0.6 is 0 Å². The lowest BCUT2D eigenvalue weighted by Crippen LogP contribution is -2.42. The molecule has 0 saturated heterocycles. The Labute approximate surface area is 137 Å². The number of esters is 1. The van der Waals surface area contributed by atoms with Gasteiger partial charge in [-0.1, -0.05) is 25.8 Å². The molecule has 0 spiro atoms. The van der Waals surface area contributed by atoms with Crippen molar-refractivity contribution in [1.82, 2.24) is 5.32 Å². The van der Waals surface area contributed by atoms with Gasteiger partial charge in [0.05, 0.1) is 12.7 Å². The number of rotatable bonds is 5. The van der Waals surface area contributed by atoms with Gasteiger partial charge >= 0.3 is 5.97 Å². The van der Waals surface area contributed by atoms with Crippen molar-refractivity contribution in [1.29, 1.82) is 0 Å². The van der Waals surface area contributed by atoms with Crippen LogP contribution in [0.3, 0.4) is 0 Å². The number of methoxy groups -OCH3 is 1. The van der Waals surface area contributed by atoms with Crippen molar-refractivity contribution in [2.45, 2.75) is 45.6 Å². The van der Waals surface area contributed by atoms with E-state index in [1.165, 1.54) is 6.42 Å². The van der Waals surface area contributed by atoms with Crippen molar-refractivity contribution >= 4 is 11.9 Å². The minimum atomic E-state index is -0.518. The van der Waals surface area contributed by atoms with Crippen LogP contribution in [-0.4, -0.2) is 31.6 Å². The van der Waals surface area contributed by atoms with Crippen LogP contribution in [0.25, 0.3) is 0 Å². The first-order chi connectivity index (χ1) is 11.0. The van der Waals surface area contributed by atoms with Crippen LogP contribution in [0, 0.1) is 12.8 Å². The third-order valence-electron chi connectivity index (χ3n) is 4.44. The first-order valence-corrected chi connectivity index (χ1v) is 8.12. The number of carbonyl (C=O) groups excluding carboxylic acids is 2. The molecule has 1 aliphatic rings. The Morgan fingerprint density at radius 3 is 2.70 bits per heavy atom. The summed E-state index contributed by atoms with van der Waals surface area (Å²) in [6, 6.07) is 5.27. The maximum atomic E-state index is 12.0. The topological polar surface area (TPSA) is 64.6 Å². The summed E-state index contributed by atoms with van der Waals surface area (Å²) in [7, 11) is 1.55. The Hall–Kier alpha value is -2.04. The third kappa shape index (κ3) is 4.71. The van der Waals surface area contributed by atoms with Gasteiger partial charge in [-0.05, 0) is 43.4 Å². The van der Waals surface area contributed by atoms with Gasteiger partial charge in [0.2, 0.25) is 0 Å². The van der Waals surface area contributed by atoms with Gasteiger partial charge in [-0.2, -0.15) is 0 Å².